The Morgan fingerprint density at radius 2 is 1.72 bits per heavy atom. The fourth-order valence-electron chi connectivity index (χ4n) is 4.71. The number of rotatable bonds is 5. The molecule has 1 aliphatic heterocycles. The Morgan fingerprint density at radius 1 is 1.03 bits per heavy atom. The molecule has 0 aliphatic carbocycles. The fraction of sp³-hybridized carbons (Fsp3) is 0.259. The smallest absolute Gasteiger partial charge is 0.255 e. The summed E-state index contributed by atoms with van der Waals surface area (Å²) in [6, 6.07) is 18.6. The molecule has 36 heavy (non-hydrogen) atoms. The number of piperidine rings is 1. The first-order chi connectivity index (χ1) is 17.2. The van der Waals surface area contributed by atoms with Gasteiger partial charge in [0.1, 0.15) is 10.8 Å². The molecule has 186 valence electrons. The second-order valence-electron chi connectivity index (χ2n) is 9.47. The Kier molecular flexibility index (Phi) is 6.55. The number of amides is 1. The lowest BCUT2D eigenvalue weighted by molar-refractivity contribution is 0.102. The summed E-state index contributed by atoms with van der Waals surface area (Å²) in [4.78, 5) is 17.5. The molecule has 0 bridgehead atoms. The molecule has 7 nitrogen and oxygen atoms in total. The number of fused-ring (bicyclic) bond motifs is 1. The van der Waals surface area contributed by atoms with Gasteiger partial charge in [-0.2, -0.15) is 4.31 Å². The zero-order chi connectivity index (χ0) is 25.4. The van der Waals surface area contributed by atoms with E-state index in [0.29, 0.717) is 46.7 Å². The van der Waals surface area contributed by atoms with Crippen LogP contribution in [0.2, 0.25) is 0 Å². The second-order valence-corrected chi connectivity index (χ2v) is 12.4. The van der Waals surface area contributed by atoms with Crippen LogP contribution in [0.4, 0.5) is 5.69 Å². The van der Waals surface area contributed by atoms with Gasteiger partial charge in [0.2, 0.25) is 10.0 Å². The van der Waals surface area contributed by atoms with Crippen LogP contribution in [0.25, 0.3) is 20.8 Å². The molecular weight excluding hydrogens is 494 g/mol. The second kappa shape index (κ2) is 9.65. The average molecular weight is 522 g/mol. The van der Waals surface area contributed by atoms with Gasteiger partial charge in [-0.3, -0.25) is 4.79 Å². The SMILES string of the molecule is C[C@H]1C[C@H](C)CN(S(=O)(=O)c2ccc(C(=O)Nc3ccc(-c4nc5ccccc5s4)c(O)c3)cc2)C1. The third-order valence-corrected chi connectivity index (χ3v) is 9.29. The predicted octanol–water partition coefficient (Wildman–Crippen LogP) is 5.59. The molecule has 1 saturated heterocycles. The van der Waals surface area contributed by atoms with Gasteiger partial charge in [-0.1, -0.05) is 26.0 Å². The Bertz CT molecular complexity index is 1490. The van der Waals surface area contributed by atoms with Crippen molar-refractivity contribution in [2.75, 3.05) is 18.4 Å². The topological polar surface area (TPSA) is 99.6 Å². The summed E-state index contributed by atoms with van der Waals surface area (Å²) in [6.07, 6.45) is 1.02. The first-order valence-electron chi connectivity index (χ1n) is 11.8. The maximum atomic E-state index is 13.1. The monoisotopic (exact) mass is 521 g/mol. The molecule has 5 rings (SSSR count). The summed E-state index contributed by atoms with van der Waals surface area (Å²) in [7, 11) is -3.61. The molecule has 0 radical (unpaired) electrons. The van der Waals surface area contributed by atoms with Crippen LogP contribution in [0.1, 0.15) is 30.6 Å². The molecule has 1 aliphatic rings. The molecule has 2 N–H and O–H groups in total. The predicted molar refractivity (Wildman–Crippen MR) is 143 cm³/mol. The number of para-hydroxylation sites is 1. The van der Waals surface area contributed by atoms with E-state index in [4.69, 9.17) is 0 Å². The maximum Gasteiger partial charge on any atom is 0.255 e. The van der Waals surface area contributed by atoms with E-state index in [-0.39, 0.29) is 10.6 Å². The molecule has 1 fully saturated rings. The molecule has 4 aromatic rings. The minimum absolute atomic E-state index is 0.0123. The van der Waals surface area contributed by atoms with Gasteiger partial charge in [-0.25, -0.2) is 13.4 Å². The van der Waals surface area contributed by atoms with Crippen molar-refractivity contribution in [3.05, 3.63) is 72.3 Å². The molecule has 9 heteroatoms. The van der Waals surface area contributed by atoms with E-state index >= 15 is 0 Å². The van der Waals surface area contributed by atoms with Gasteiger partial charge >= 0.3 is 0 Å². The number of thiazole rings is 1. The Morgan fingerprint density at radius 3 is 2.39 bits per heavy atom. The summed E-state index contributed by atoms with van der Waals surface area (Å²) in [5.41, 5.74) is 2.20. The number of anilines is 1. The van der Waals surface area contributed by atoms with Crippen LogP contribution in [-0.2, 0) is 10.0 Å². The van der Waals surface area contributed by atoms with Crippen LogP contribution < -0.4 is 5.32 Å². The molecule has 0 saturated carbocycles. The number of carbonyl (C=O) groups is 1. The number of aromatic hydroxyl groups is 1. The molecule has 2 atom stereocenters. The molecule has 1 amide bonds. The minimum atomic E-state index is -3.61. The van der Waals surface area contributed by atoms with Crippen molar-refractivity contribution < 1.29 is 18.3 Å². The van der Waals surface area contributed by atoms with Crippen molar-refractivity contribution in [2.24, 2.45) is 11.8 Å². The molecular formula is C27H27N3O4S2. The third-order valence-electron chi connectivity index (χ3n) is 6.37. The van der Waals surface area contributed by atoms with E-state index in [2.05, 4.69) is 24.1 Å². The van der Waals surface area contributed by atoms with Gasteiger partial charge in [0.25, 0.3) is 5.91 Å². The standard InChI is InChI=1S/C27H27N3O4S2/c1-17-13-18(2)16-30(15-17)36(33,34)21-10-7-19(8-11-21)26(32)28-20-9-12-22(24(31)14-20)27-29-23-5-3-4-6-25(23)35-27/h3-12,14,17-18,31H,13,15-16H2,1-2H3,(H,28,32)/t17-,18-/m0/s1. The van der Waals surface area contributed by atoms with Crippen molar-refractivity contribution in [3.63, 3.8) is 0 Å². The van der Waals surface area contributed by atoms with Crippen molar-refractivity contribution in [2.45, 2.75) is 25.2 Å². The van der Waals surface area contributed by atoms with E-state index in [9.17, 15) is 18.3 Å². The summed E-state index contributed by atoms with van der Waals surface area (Å²) >= 11 is 1.48. The number of carbonyl (C=O) groups excluding carboxylic acids is 1. The Labute approximate surface area is 214 Å². The number of phenols is 1. The van der Waals surface area contributed by atoms with Crippen LogP contribution >= 0.6 is 11.3 Å². The van der Waals surface area contributed by atoms with Crippen LogP contribution in [-0.4, -0.2) is 41.8 Å². The van der Waals surface area contributed by atoms with E-state index in [0.717, 1.165) is 16.6 Å². The van der Waals surface area contributed by atoms with Gasteiger partial charge in [0.05, 0.1) is 20.7 Å². The number of benzene rings is 3. The van der Waals surface area contributed by atoms with Crippen molar-refractivity contribution in [1.29, 1.82) is 0 Å². The first-order valence-corrected chi connectivity index (χ1v) is 14.1. The van der Waals surface area contributed by atoms with Crippen LogP contribution in [0.15, 0.2) is 71.6 Å². The van der Waals surface area contributed by atoms with E-state index in [1.165, 1.54) is 46.0 Å². The Hall–Kier alpha value is -3.27. The third kappa shape index (κ3) is 4.86. The number of hydrogen-bond acceptors (Lipinski definition) is 6. The highest BCUT2D eigenvalue weighted by Gasteiger charge is 2.31. The highest BCUT2D eigenvalue weighted by molar-refractivity contribution is 7.89. The molecule has 0 spiro atoms. The van der Waals surface area contributed by atoms with Crippen LogP contribution in [0.5, 0.6) is 5.75 Å². The highest BCUT2D eigenvalue weighted by Crippen LogP contribution is 2.36. The largest absolute Gasteiger partial charge is 0.507 e. The quantitative estimate of drug-likeness (QED) is 0.357. The molecule has 2 heterocycles. The number of hydrogen-bond donors (Lipinski definition) is 2. The van der Waals surface area contributed by atoms with Crippen molar-refractivity contribution in [1.82, 2.24) is 9.29 Å². The molecule has 0 unspecified atom stereocenters. The lowest BCUT2D eigenvalue weighted by Gasteiger charge is -2.34. The van der Waals surface area contributed by atoms with E-state index in [1.807, 2.05) is 24.3 Å². The lowest BCUT2D eigenvalue weighted by Crippen LogP contribution is -2.42. The minimum Gasteiger partial charge on any atom is -0.507 e. The summed E-state index contributed by atoms with van der Waals surface area (Å²) in [5, 5.41) is 14.0. The zero-order valence-electron chi connectivity index (χ0n) is 20.0. The summed E-state index contributed by atoms with van der Waals surface area (Å²) < 4.78 is 28.7. The highest BCUT2D eigenvalue weighted by atomic mass is 32.2. The molecule has 3 aromatic carbocycles. The van der Waals surface area contributed by atoms with Gasteiger partial charge in [-0.05, 0) is 66.8 Å². The number of sulfonamides is 1. The van der Waals surface area contributed by atoms with Gasteiger partial charge in [0, 0.05) is 30.4 Å². The van der Waals surface area contributed by atoms with Gasteiger partial charge < -0.3 is 10.4 Å². The van der Waals surface area contributed by atoms with Crippen molar-refractivity contribution >= 4 is 43.2 Å². The number of aromatic nitrogens is 1. The lowest BCUT2D eigenvalue weighted by atomic mass is 9.94. The summed E-state index contributed by atoms with van der Waals surface area (Å²) in [5.74, 6) is 0.238. The van der Waals surface area contributed by atoms with Gasteiger partial charge in [-0.15, -0.1) is 11.3 Å². The van der Waals surface area contributed by atoms with Crippen LogP contribution in [0, 0.1) is 11.8 Å². The first kappa shape index (κ1) is 24.4. The van der Waals surface area contributed by atoms with E-state index in [1.54, 1.807) is 12.1 Å². The van der Waals surface area contributed by atoms with Crippen molar-refractivity contribution in [3.8, 4) is 16.3 Å². The van der Waals surface area contributed by atoms with Gasteiger partial charge in [0.15, 0.2) is 0 Å². The zero-order valence-corrected chi connectivity index (χ0v) is 21.6. The fourth-order valence-corrected chi connectivity index (χ4v) is 7.39. The average Bonchev–Trinajstić information content (AvgIpc) is 3.27. The maximum absolute atomic E-state index is 13.1. The summed E-state index contributed by atoms with van der Waals surface area (Å²) in [6.45, 7) is 5.14. The van der Waals surface area contributed by atoms with Crippen LogP contribution in [0.3, 0.4) is 0 Å². The number of nitrogens with one attached hydrogen (secondary N) is 1. The number of phenolic OH excluding ortho intramolecular Hbond substituents is 1. The molecule has 1 aromatic heterocycles. The Balaban J connectivity index is 1.30. The number of nitrogens with zero attached hydrogens (tertiary/aromatic N) is 2. The van der Waals surface area contributed by atoms with E-state index < -0.39 is 15.9 Å². The normalized spacial score (nSPS) is 18.8.